The molecule has 0 aliphatic carbocycles. The third-order valence-electron chi connectivity index (χ3n) is 11.0. The van der Waals surface area contributed by atoms with E-state index < -0.39 is 0 Å². The second kappa shape index (κ2) is 12.5. The molecule has 7 heteroatoms. The van der Waals surface area contributed by atoms with E-state index in [0.29, 0.717) is 0 Å². The van der Waals surface area contributed by atoms with E-state index in [1.807, 2.05) is 18.2 Å². The van der Waals surface area contributed by atoms with Crippen LogP contribution in [-0.2, 0) is 28.1 Å². The molecule has 0 bridgehead atoms. The molecule has 7 aromatic carbocycles. The molecule has 4 heterocycles. The van der Waals surface area contributed by atoms with Crippen LogP contribution in [0.25, 0.3) is 71.9 Å². The van der Waals surface area contributed by atoms with E-state index in [9.17, 15) is 0 Å². The molecule has 0 saturated carbocycles. The van der Waals surface area contributed by atoms with Gasteiger partial charge in [-0.15, -0.1) is 54.3 Å². The summed E-state index contributed by atoms with van der Waals surface area (Å²) in [6.45, 7) is 8.75. The standard InChI is InChI=1S/C48H34N5O.Pt/c1-29-24-30(2)47(31(3)25-29)52-28-51(39-17-8-9-18-40(39)52)33-12-11-13-34(27-33)53-41-22-23-44-46(36-14-5-10-19-43(36)54-44)45(41)35-21-20-32(26-42(35)53)48-49-37-15-6-7-16-38(37)50(48)4;/h5-25,28H,1-4H3;/q-3;. The van der Waals surface area contributed by atoms with Gasteiger partial charge >= 0.3 is 0 Å². The van der Waals surface area contributed by atoms with Gasteiger partial charge in [-0.1, -0.05) is 71.2 Å². The number of imidazole rings is 1. The molecule has 0 atom stereocenters. The number of hydrogen-bond donors (Lipinski definition) is 0. The van der Waals surface area contributed by atoms with Gasteiger partial charge in [0.25, 0.3) is 0 Å². The third-order valence-corrected chi connectivity index (χ3v) is 11.0. The molecule has 0 spiro atoms. The van der Waals surface area contributed by atoms with Gasteiger partial charge in [-0.05, 0) is 85.3 Å². The first kappa shape index (κ1) is 33.5. The van der Waals surface area contributed by atoms with Gasteiger partial charge in [-0.2, -0.15) is 6.07 Å². The van der Waals surface area contributed by atoms with Crippen LogP contribution < -0.4 is 9.80 Å². The summed E-state index contributed by atoms with van der Waals surface area (Å²) in [5.74, 6) is 0.872. The van der Waals surface area contributed by atoms with Crippen LogP contribution in [0.2, 0.25) is 0 Å². The van der Waals surface area contributed by atoms with Gasteiger partial charge in [0.15, 0.2) is 0 Å². The number of anilines is 4. The number of hydrogen-bond acceptors (Lipinski definition) is 4. The van der Waals surface area contributed by atoms with Gasteiger partial charge in [-0.25, -0.2) is 0 Å². The fourth-order valence-corrected chi connectivity index (χ4v) is 8.76. The van der Waals surface area contributed by atoms with E-state index in [4.69, 9.17) is 9.40 Å². The maximum Gasteiger partial charge on any atom is 0.135 e. The molecular weight excluding hydrogens is 858 g/mol. The first-order valence-corrected chi connectivity index (χ1v) is 18.3. The summed E-state index contributed by atoms with van der Waals surface area (Å²) in [5.41, 5.74) is 15.8. The zero-order chi connectivity index (χ0) is 36.2. The van der Waals surface area contributed by atoms with Crippen LogP contribution in [0.4, 0.5) is 22.7 Å². The van der Waals surface area contributed by atoms with Crippen molar-refractivity contribution in [2.75, 3.05) is 9.80 Å². The van der Waals surface area contributed by atoms with Crippen molar-refractivity contribution in [3.63, 3.8) is 0 Å². The zero-order valence-electron chi connectivity index (χ0n) is 30.7. The van der Waals surface area contributed by atoms with E-state index >= 15 is 0 Å². The first-order valence-electron chi connectivity index (χ1n) is 18.3. The van der Waals surface area contributed by atoms with Crippen LogP contribution in [0.3, 0.4) is 0 Å². The summed E-state index contributed by atoms with van der Waals surface area (Å²) in [6.07, 6.45) is 0. The Bertz CT molecular complexity index is 3140. The Morgan fingerprint density at radius 3 is 2.16 bits per heavy atom. The molecule has 11 rings (SSSR count). The molecule has 6 nitrogen and oxygen atoms in total. The molecule has 0 N–H and O–H groups in total. The van der Waals surface area contributed by atoms with Crippen molar-refractivity contribution >= 4 is 77.5 Å². The monoisotopic (exact) mass is 891 g/mol. The summed E-state index contributed by atoms with van der Waals surface area (Å²) in [6, 6.07) is 52.4. The van der Waals surface area contributed by atoms with Crippen molar-refractivity contribution < 1.29 is 25.5 Å². The van der Waals surface area contributed by atoms with Gasteiger partial charge in [0.2, 0.25) is 0 Å². The average Bonchev–Trinajstić information content (AvgIpc) is 3.93. The molecule has 1 aliphatic heterocycles. The van der Waals surface area contributed by atoms with E-state index in [1.54, 1.807) is 0 Å². The maximum absolute atomic E-state index is 6.40. The Balaban J connectivity index is 0.00000372. The third kappa shape index (κ3) is 4.94. The Morgan fingerprint density at radius 2 is 1.35 bits per heavy atom. The van der Waals surface area contributed by atoms with Crippen LogP contribution in [0.15, 0.2) is 132 Å². The number of aryl methyl sites for hydroxylation is 4. The van der Waals surface area contributed by atoms with Gasteiger partial charge in [0, 0.05) is 61.5 Å². The van der Waals surface area contributed by atoms with Gasteiger partial charge in [-0.3, -0.25) is 4.98 Å². The zero-order valence-corrected chi connectivity index (χ0v) is 32.9. The molecule has 10 aromatic rings. The van der Waals surface area contributed by atoms with E-state index in [1.165, 1.54) is 22.4 Å². The van der Waals surface area contributed by atoms with Crippen LogP contribution >= 0.6 is 0 Å². The predicted octanol–water partition coefficient (Wildman–Crippen LogP) is 12.2. The van der Waals surface area contributed by atoms with Crippen LogP contribution in [0.1, 0.15) is 16.7 Å². The van der Waals surface area contributed by atoms with E-state index in [2.05, 4.69) is 175 Å². The van der Waals surface area contributed by atoms with Crippen LogP contribution in [-0.4, -0.2) is 14.1 Å². The fourth-order valence-electron chi connectivity index (χ4n) is 8.76. The number of para-hydroxylation sites is 5. The summed E-state index contributed by atoms with van der Waals surface area (Å²) in [7, 11) is 2.07. The minimum atomic E-state index is 0. The molecule has 0 radical (unpaired) electrons. The molecule has 0 unspecified atom stereocenters. The van der Waals surface area contributed by atoms with Crippen molar-refractivity contribution in [1.29, 1.82) is 0 Å². The minimum Gasteiger partial charge on any atom is -0.493 e. The topological polar surface area (TPSA) is 42.4 Å². The maximum atomic E-state index is 6.40. The van der Waals surface area contributed by atoms with Gasteiger partial charge in [0.05, 0.1) is 16.9 Å². The Hall–Kier alpha value is -6.10. The van der Waals surface area contributed by atoms with Crippen molar-refractivity contribution in [3.8, 4) is 17.1 Å². The molecule has 0 fully saturated rings. The quantitative estimate of drug-likeness (QED) is 0.165. The summed E-state index contributed by atoms with van der Waals surface area (Å²) in [4.78, 5) is 9.62. The Kier molecular flexibility index (Phi) is 7.59. The van der Waals surface area contributed by atoms with Crippen LogP contribution in [0, 0.1) is 39.6 Å². The summed E-state index contributed by atoms with van der Waals surface area (Å²) >= 11 is 0. The molecule has 0 amide bonds. The first-order chi connectivity index (χ1) is 26.4. The number of benzene rings is 7. The molecule has 1 aliphatic rings. The number of aromatic nitrogens is 3. The largest absolute Gasteiger partial charge is 0.493 e. The fraction of sp³-hybridized carbons (Fsp3) is 0.0833. The Morgan fingerprint density at radius 1 is 0.618 bits per heavy atom. The van der Waals surface area contributed by atoms with Gasteiger partial charge in [0.1, 0.15) is 11.2 Å². The van der Waals surface area contributed by atoms with Crippen molar-refractivity contribution in [3.05, 3.63) is 163 Å². The molecule has 55 heavy (non-hydrogen) atoms. The van der Waals surface area contributed by atoms with E-state index in [0.717, 1.165) is 88.9 Å². The van der Waals surface area contributed by atoms with Crippen molar-refractivity contribution in [1.82, 2.24) is 14.1 Å². The Labute approximate surface area is 333 Å². The minimum absolute atomic E-state index is 0. The van der Waals surface area contributed by atoms with Crippen LogP contribution in [0.5, 0.6) is 0 Å². The number of furan rings is 1. The predicted molar refractivity (Wildman–Crippen MR) is 221 cm³/mol. The summed E-state index contributed by atoms with van der Waals surface area (Å²) < 4.78 is 10.9. The molecule has 3 aromatic heterocycles. The SMILES string of the molecule is Cc1cc(C)c(N2[CH-]N(c3[c-]c(-n4c5[c-]c(-c6nc7ccccc7n6C)ccc5c5c6c(ccc54)oc4ccccc46)ccc3)c3ccccc32)c(C)c1.[Pt]. The summed E-state index contributed by atoms with van der Waals surface area (Å²) in [5, 5.41) is 4.43. The molecular formula is C48H34N5OPt-3. The number of nitrogens with zero attached hydrogens (tertiary/aromatic N) is 5. The molecule has 0 saturated heterocycles. The number of rotatable bonds is 4. The van der Waals surface area contributed by atoms with Crippen molar-refractivity contribution in [2.24, 2.45) is 7.05 Å². The normalized spacial score (nSPS) is 12.8. The van der Waals surface area contributed by atoms with E-state index in [-0.39, 0.29) is 21.1 Å². The number of fused-ring (bicyclic) bond motifs is 9. The molecule has 270 valence electrons. The van der Waals surface area contributed by atoms with Gasteiger partial charge < -0.3 is 23.4 Å². The smallest absolute Gasteiger partial charge is 0.135 e. The van der Waals surface area contributed by atoms with Crippen molar-refractivity contribution in [2.45, 2.75) is 20.8 Å². The second-order valence-corrected chi connectivity index (χ2v) is 14.4. The average molecular weight is 892 g/mol. The second-order valence-electron chi connectivity index (χ2n) is 14.4.